The fraction of sp³-hybridized carbons (Fsp3) is 0.429. The average molecular weight is 273 g/mol. The van der Waals surface area contributed by atoms with Gasteiger partial charge >= 0.3 is 6.18 Å². The molecule has 1 aromatic rings. The lowest BCUT2D eigenvalue weighted by Crippen LogP contribution is -2.36. The highest BCUT2D eigenvalue weighted by molar-refractivity contribution is 5.20. The van der Waals surface area contributed by atoms with Crippen LogP contribution in [0.2, 0.25) is 0 Å². The molecule has 1 N–H and O–H groups in total. The summed E-state index contributed by atoms with van der Waals surface area (Å²) in [5.74, 6) is 0. The summed E-state index contributed by atoms with van der Waals surface area (Å²) in [4.78, 5) is 0. The smallest absolute Gasteiger partial charge is 0.380 e. The molecular weight excluding hydrogens is 255 g/mol. The van der Waals surface area contributed by atoms with Gasteiger partial charge in [0, 0.05) is 6.54 Å². The number of hydrogen-bond donors (Lipinski definition) is 1. The first-order chi connectivity index (χ1) is 9.05. The van der Waals surface area contributed by atoms with Crippen molar-refractivity contribution >= 4 is 0 Å². The van der Waals surface area contributed by atoms with Crippen LogP contribution in [-0.2, 0) is 4.74 Å². The van der Waals surface area contributed by atoms with Gasteiger partial charge in [-0.2, -0.15) is 13.2 Å². The second-order valence-electron chi connectivity index (χ2n) is 4.03. The normalized spacial score (nSPS) is 13.2. The van der Waals surface area contributed by atoms with Gasteiger partial charge < -0.3 is 10.1 Å². The van der Waals surface area contributed by atoms with Gasteiger partial charge in [0.1, 0.15) is 6.04 Å². The van der Waals surface area contributed by atoms with Gasteiger partial charge in [-0.1, -0.05) is 36.4 Å². The van der Waals surface area contributed by atoms with E-state index in [0.717, 1.165) is 0 Å². The molecule has 0 aliphatic heterocycles. The molecule has 1 atom stereocenters. The fourth-order valence-electron chi connectivity index (χ4n) is 1.61. The lowest BCUT2D eigenvalue weighted by Gasteiger charge is -2.22. The van der Waals surface area contributed by atoms with E-state index in [2.05, 4.69) is 11.9 Å². The van der Waals surface area contributed by atoms with Crippen LogP contribution in [0.3, 0.4) is 0 Å². The molecule has 19 heavy (non-hydrogen) atoms. The molecule has 0 fully saturated rings. The molecule has 5 heteroatoms. The lowest BCUT2D eigenvalue weighted by atomic mass is 10.1. The Balaban J connectivity index is 2.46. The van der Waals surface area contributed by atoms with E-state index in [0.29, 0.717) is 13.0 Å². The topological polar surface area (TPSA) is 21.3 Å². The molecule has 0 aromatic heterocycles. The standard InChI is InChI=1S/C14H18F3NO/c1-2-3-10-19-11-9-18-13(14(15,16)17)12-7-5-4-6-8-12/h2,4-8,13,18H,1,3,9-11H2. The number of halogens is 3. The van der Waals surface area contributed by atoms with E-state index in [4.69, 9.17) is 4.74 Å². The highest BCUT2D eigenvalue weighted by atomic mass is 19.4. The first-order valence-electron chi connectivity index (χ1n) is 6.09. The quantitative estimate of drug-likeness (QED) is 0.578. The Hall–Kier alpha value is -1.33. The summed E-state index contributed by atoms with van der Waals surface area (Å²) < 4.78 is 43.9. The van der Waals surface area contributed by atoms with Crippen molar-refractivity contribution in [2.45, 2.75) is 18.6 Å². The van der Waals surface area contributed by atoms with Crippen LogP contribution in [-0.4, -0.2) is 25.9 Å². The van der Waals surface area contributed by atoms with Crippen LogP contribution in [0.15, 0.2) is 43.0 Å². The Labute approximate surface area is 111 Å². The SMILES string of the molecule is C=CCCOCCNC(c1ccccc1)C(F)(F)F. The van der Waals surface area contributed by atoms with Gasteiger partial charge in [-0.05, 0) is 12.0 Å². The summed E-state index contributed by atoms with van der Waals surface area (Å²) in [7, 11) is 0. The van der Waals surface area contributed by atoms with Gasteiger partial charge in [0.25, 0.3) is 0 Å². The van der Waals surface area contributed by atoms with E-state index in [1.54, 1.807) is 24.3 Å². The van der Waals surface area contributed by atoms with Crippen molar-refractivity contribution in [3.63, 3.8) is 0 Å². The molecule has 0 bridgehead atoms. The van der Waals surface area contributed by atoms with Crippen LogP contribution >= 0.6 is 0 Å². The molecule has 0 spiro atoms. The first kappa shape index (κ1) is 15.7. The predicted octanol–water partition coefficient (Wildman–Crippen LogP) is 3.47. The van der Waals surface area contributed by atoms with E-state index < -0.39 is 12.2 Å². The number of rotatable bonds is 8. The maximum atomic E-state index is 12.9. The Morgan fingerprint density at radius 2 is 1.89 bits per heavy atom. The van der Waals surface area contributed by atoms with Gasteiger partial charge in [-0.15, -0.1) is 6.58 Å². The van der Waals surface area contributed by atoms with E-state index in [9.17, 15) is 13.2 Å². The summed E-state index contributed by atoms with van der Waals surface area (Å²) >= 11 is 0. The minimum atomic E-state index is -4.32. The molecule has 0 saturated heterocycles. The Morgan fingerprint density at radius 3 is 2.47 bits per heavy atom. The Morgan fingerprint density at radius 1 is 1.21 bits per heavy atom. The number of ether oxygens (including phenoxy) is 1. The van der Waals surface area contributed by atoms with E-state index in [1.165, 1.54) is 12.1 Å². The first-order valence-corrected chi connectivity index (χ1v) is 6.09. The predicted molar refractivity (Wildman–Crippen MR) is 68.9 cm³/mol. The molecule has 1 aromatic carbocycles. The van der Waals surface area contributed by atoms with E-state index in [-0.39, 0.29) is 18.7 Å². The third kappa shape index (κ3) is 5.89. The molecule has 2 nitrogen and oxygen atoms in total. The largest absolute Gasteiger partial charge is 0.407 e. The maximum absolute atomic E-state index is 12.9. The lowest BCUT2D eigenvalue weighted by molar-refractivity contribution is -0.158. The van der Waals surface area contributed by atoms with Crippen molar-refractivity contribution < 1.29 is 17.9 Å². The molecule has 1 unspecified atom stereocenters. The number of hydrogen-bond acceptors (Lipinski definition) is 2. The van der Waals surface area contributed by atoms with Crippen molar-refractivity contribution in [1.29, 1.82) is 0 Å². The number of nitrogens with one attached hydrogen (secondary N) is 1. The van der Waals surface area contributed by atoms with Crippen LogP contribution < -0.4 is 5.32 Å². The number of benzene rings is 1. The van der Waals surface area contributed by atoms with Crippen molar-refractivity contribution in [2.75, 3.05) is 19.8 Å². The van der Waals surface area contributed by atoms with Gasteiger partial charge in [0.05, 0.1) is 13.2 Å². The van der Waals surface area contributed by atoms with Crippen LogP contribution in [0.25, 0.3) is 0 Å². The molecule has 1 rings (SSSR count). The Bertz CT molecular complexity index is 365. The third-order valence-corrected chi connectivity index (χ3v) is 2.52. The minimum Gasteiger partial charge on any atom is -0.380 e. The van der Waals surface area contributed by atoms with Gasteiger partial charge in [0.15, 0.2) is 0 Å². The monoisotopic (exact) mass is 273 g/mol. The van der Waals surface area contributed by atoms with E-state index >= 15 is 0 Å². The second-order valence-corrected chi connectivity index (χ2v) is 4.03. The van der Waals surface area contributed by atoms with E-state index in [1.807, 2.05) is 0 Å². The second kappa shape index (κ2) is 7.96. The summed E-state index contributed by atoms with van der Waals surface area (Å²) in [5, 5.41) is 2.48. The highest BCUT2D eigenvalue weighted by Gasteiger charge is 2.40. The van der Waals surface area contributed by atoms with Crippen LogP contribution in [0, 0.1) is 0 Å². The zero-order chi connectivity index (χ0) is 14.1. The van der Waals surface area contributed by atoms with Crippen molar-refractivity contribution in [2.24, 2.45) is 0 Å². The van der Waals surface area contributed by atoms with Crippen molar-refractivity contribution in [1.82, 2.24) is 5.32 Å². The summed E-state index contributed by atoms with van der Waals surface area (Å²) in [6.07, 6.45) is -1.92. The summed E-state index contributed by atoms with van der Waals surface area (Å²) in [5.41, 5.74) is 0.209. The zero-order valence-corrected chi connectivity index (χ0v) is 10.6. The molecule has 0 saturated carbocycles. The van der Waals surface area contributed by atoms with Gasteiger partial charge in [-0.3, -0.25) is 0 Å². The van der Waals surface area contributed by atoms with Crippen molar-refractivity contribution in [3.8, 4) is 0 Å². The summed E-state index contributed by atoms with van der Waals surface area (Å²) in [6.45, 7) is 4.41. The molecule has 106 valence electrons. The van der Waals surface area contributed by atoms with Crippen molar-refractivity contribution in [3.05, 3.63) is 48.6 Å². The Kier molecular flexibility index (Phi) is 6.59. The molecule has 0 radical (unpaired) electrons. The number of alkyl halides is 3. The maximum Gasteiger partial charge on any atom is 0.407 e. The van der Waals surface area contributed by atoms with Crippen LogP contribution in [0.5, 0.6) is 0 Å². The van der Waals surface area contributed by atoms with Gasteiger partial charge in [0.2, 0.25) is 0 Å². The highest BCUT2D eigenvalue weighted by Crippen LogP contribution is 2.32. The zero-order valence-electron chi connectivity index (χ0n) is 10.6. The average Bonchev–Trinajstić information content (AvgIpc) is 2.37. The van der Waals surface area contributed by atoms with Crippen LogP contribution in [0.1, 0.15) is 18.0 Å². The third-order valence-electron chi connectivity index (χ3n) is 2.52. The molecule has 0 amide bonds. The summed E-state index contributed by atoms with van der Waals surface area (Å²) in [6, 6.07) is 6.15. The molecule has 0 aliphatic carbocycles. The fourth-order valence-corrected chi connectivity index (χ4v) is 1.61. The van der Waals surface area contributed by atoms with Crippen LogP contribution in [0.4, 0.5) is 13.2 Å². The molecule has 0 aliphatic rings. The van der Waals surface area contributed by atoms with Gasteiger partial charge in [-0.25, -0.2) is 0 Å². The molecule has 0 heterocycles. The molecular formula is C14H18F3NO. The minimum absolute atomic E-state index is 0.149.